The quantitative estimate of drug-likeness (QED) is 0.142. The van der Waals surface area contributed by atoms with Gasteiger partial charge in [-0.25, -0.2) is 14.0 Å². The Morgan fingerprint density at radius 1 is 0.957 bits per heavy atom. The van der Waals surface area contributed by atoms with Crippen molar-refractivity contribution in [1.29, 1.82) is 0 Å². The van der Waals surface area contributed by atoms with Crippen molar-refractivity contribution in [2.75, 3.05) is 0 Å². The minimum Gasteiger partial charge on any atom is -0.489 e. The average molecular weight is 789 g/mol. The lowest BCUT2D eigenvalue weighted by Gasteiger charge is -2.13. The van der Waals surface area contributed by atoms with Crippen LogP contribution in [0.4, 0.5) is 17.6 Å². The van der Waals surface area contributed by atoms with Gasteiger partial charge in [0.25, 0.3) is 0 Å². The molecule has 0 aliphatic carbocycles. The van der Waals surface area contributed by atoms with Gasteiger partial charge in [-0.3, -0.25) is 4.68 Å². The first-order valence-electron chi connectivity index (χ1n) is 13.8. The molecular formula is C30H30BrCl3F4N4O5. The summed E-state index contributed by atoms with van der Waals surface area (Å²) in [5, 5.41) is 8.38. The molecule has 17 heteroatoms. The van der Waals surface area contributed by atoms with E-state index in [1.807, 2.05) is 34.6 Å². The van der Waals surface area contributed by atoms with Crippen LogP contribution in [0.5, 0.6) is 5.75 Å². The van der Waals surface area contributed by atoms with Gasteiger partial charge in [0, 0.05) is 24.1 Å². The Balaban J connectivity index is 0.000000257. The highest BCUT2D eigenvalue weighted by molar-refractivity contribution is 9.10. The molecule has 0 saturated carbocycles. The fourth-order valence-corrected chi connectivity index (χ4v) is 5.41. The molecule has 2 aromatic carbocycles. The van der Waals surface area contributed by atoms with E-state index in [-0.39, 0.29) is 38.4 Å². The number of halogens is 8. The van der Waals surface area contributed by atoms with Gasteiger partial charge in [0.15, 0.2) is 5.69 Å². The van der Waals surface area contributed by atoms with Gasteiger partial charge in [-0.1, -0.05) is 55.6 Å². The third-order valence-corrected chi connectivity index (χ3v) is 7.58. The summed E-state index contributed by atoms with van der Waals surface area (Å²) in [7, 11) is 1.08. The average Bonchev–Trinajstić information content (AvgIpc) is 3.44. The summed E-state index contributed by atoms with van der Waals surface area (Å²) in [5.74, 6) is -1.58. The van der Waals surface area contributed by atoms with Crippen molar-refractivity contribution in [3.05, 3.63) is 77.3 Å². The number of rotatable bonds is 6. The molecule has 0 N–H and O–H groups in total. The predicted octanol–water partition coefficient (Wildman–Crippen LogP) is 9.44. The van der Waals surface area contributed by atoms with E-state index < -0.39 is 40.0 Å². The molecule has 4 rings (SSSR count). The number of carbonyl (C=O) groups is 1. The molecule has 0 bridgehead atoms. The zero-order valence-electron chi connectivity index (χ0n) is 26.3. The van der Waals surface area contributed by atoms with Crippen LogP contribution in [0.3, 0.4) is 0 Å². The van der Waals surface area contributed by atoms with Gasteiger partial charge in [0.1, 0.15) is 17.3 Å². The van der Waals surface area contributed by atoms with Gasteiger partial charge in [-0.2, -0.15) is 23.0 Å². The standard InChI is InChI=1S/C15H12BrClF4N2O2.C15H18Cl2N2O3/c1-6(2)25-14(24)7-4-8(10(18)5-9(7)17)12-11(16)13(15(19,20)21)23(3)22-12;1-8(2)21-12-7-11(9(16)6-10(12)17)19-14(20)22-13(18-19)15(3,4)5/h4-6H,1-3H3;6-8H,1-5H3. The van der Waals surface area contributed by atoms with Crippen LogP contribution in [-0.2, 0) is 23.4 Å². The second kappa shape index (κ2) is 14.6. The number of ether oxygens (including phenoxy) is 2. The predicted molar refractivity (Wildman–Crippen MR) is 173 cm³/mol. The van der Waals surface area contributed by atoms with Gasteiger partial charge >= 0.3 is 17.9 Å². The van der Waals surface area contributed by atoms with Crippen molar-refractivity contribution < 1.29 is 36.2 Å². The Bertz CT molecular complexity index is 1850. The zero-order chi connectivity index (χ0) is 35.8. The lowest BCUT2D eigenvalue weighted by atomic mass is 9.97. The van der Waals surface area contributed by atoms with E-state index in [1.165, 1.54) is 6.07 Å². The SMILES string of the molecule is CC(C)OC(=O)c1cc(-c2nn(C)c(C(F)(F)F)c2Br)c(F)cc1Cl.CC(C)Oc1cc(-n2nc(C(C)(C)C)oc2=O)c(Cl)cc1Cl. The lowest BCUT2D eigenvalue weighted by Crippen LogP contribution is -2.15. The molecule has 0 amide bonds. The van der Waals surface area contributed by atoms with E-state index in [1.54, 1.807) is 19.9 Å². The molecule has 2 heterocycles. The van der Waals surface area contributed by atoms with Gasteiger partial charge in [0.2, 0.25) is 5.89 Å². The number of hydrogen-bond acceptors (Lipinski definition) is 7. The van der Waals surface area contributed by atoms with Crippen LogP contribution < -0.4 is 10.5 Å². The first kappa shape index (κ1) is 38.4. The summed E-state index contributed by atoms with van der Waals surface area (Å²) in [6.07, 6.45) is -5.21. The van der Waals surface area contributed by atoms with Crippen LogP contribution in [0.2, 0.25) is 15.1 Å². The van der Waals surface area contributed by atoms with Crippen LogP contribution in [0.1, 0.15) is 70.4 Å². The number of esters is 1. The Morgan fingerprint density at radius 3 is 2.06 bits per heavy atom. The summed E-state index contributed by atoms with van der Waals surface area (Å²) >= 11 is 21.0. The normalized spacial score (nSPS) is 12.0. The molecule has 0 saturated heterocycles. The van der Waals surface area contributed by atoms with Gasteiger partial charge in [-0.15, -0.1) is 5.10 Å². The topological polar surface area (TPSA) is 101 Å². The fraction of sp³-hybridized carbons (Fsp3) is 0.400. The third kappa shape index (κ3) is 9.09. The number of carbonyl (C=O) groups excluding carboxylic acids is 1. The van der Waals surface area contributed by atoms with E-state index in [9.17, 15) is 27.2 Å². The van der Waals surface area contributed by atoms with Gasteiger partial charge in [-0.05, 0) is 61.8 Å². The van der Waals surface area contributed by atoms with E-state index in [4.69, 9.17) is 48.7 Å². The van der Waals surface area contributed by atoms with Crippen molar-refractivity contribution in [2.24, 2.45) is 7.05 Å². The molecule has 0 aliphatic rings. The lowest BCUT2D eigenvalue weighted by molar-refractivity contribution is -0.144. The highest BCUT2D eigenvalue weighted by Gasteiger charge is 2.39. The zero-order valence-corrected chi connectivity index (χ0v) is 30.2. The Labute approximate surface area is 290 Å². The van der Waals surface area contributed by atoms with Crippen LogP contribution in [-0.4, -0.2) is 37.7 Å². The minimum absolute atomic E-state index is 0.0642. The number of benzene rings is 2. The van der Waals surface area contributed by atoms with Gasteiger partial charge < -0.3 is 13.9 Å². The summed E-state index contributed by atoms with van der Waals surface area (Å²) in [4.78, 5) is 24.1. The molecule has 47 heavy (non-hydrogen) atoms. The maximum absolute atomic E-state index is 14.3. The van der Waals surface area contributed by atoms with Crippen molar-refractivity contribution in [1.82, 2.24) is 19.6 Å². The molecule has 0 fully saturated rings. The summed E-state index contributed by atoms with van der Waals surface area (Å²) in [6.45, 7) is 12.7. The number of nitrogens with zero attached hydrogens (tertiary/aromatic N) is 4. The number of hydrogen-bond donors (Lipinski definition) is 0. The van der Waals surface area contributed by atoms with Crippen molar-refractivity contribution >= 4 is 56.7 Å². The van der Waals surface area contributed by atoms with Crippen LogP contribution in [0.25, 0.3) is 16.9 Å². The molecule has 4 aromatic rings. The molecule has 0 aliphatic heterocycles. The Morgan fingerprint density at radius 2 is 1.57 bits per heavy atom. The summed E-state index contributed by atoms with van der Waals surface area (Å²) < 4.78 is 70.6. The highest BCUT2D eigenvalue weighted by atomic mass is 79.9. The molecule has 2 aromatic heterocycles. The molecule has 256 valence electrons. The molecular weight excluding hydrogens is 759 g/mol. The Kier molecular flexibility index (Phi) is 11.9. The molecule has 0 radical (unpaired) electrons. The maximum Gasteiger partial charge on any atom is 0.442 e. The fourth-order valence-electron chi connectivity index (χ4n) is 3.90. The Hall–Kier alpha value is -3.07. The van der Waals surface area contributed by atoms with Crippen molar-refractivity contribution in [3.8, 4) is 22.7 Å². The number of aromatic nitrogens is 4. The first-order valence-corrected chi connectivity index (χ1v) is 15.7. The first-order chi connectivity index (χ1) is 21.5. The van der Waals surface area contributed by atoms with Crippen LogP contribution in [0, 0.1) is 5.82 Å². The highest BCUT2D eigenvalue weighted by Crippen LogP contribution is 2.41. The van der Waals surface area contributed by atoms with E-state index in [0.717, 1.165) is 23.9 Å². The van der Waals surface area contributed by atoms with Crippen molar-refractivity contribution in [2.45, 2.75) is 72.3 Å². The molecule has 9 nitrogen and oxygen atoms in total. The van der Waals surface area contributed by atoms with Crippen molar-refractivity contribution in [3.63, 3.8) is 0 Å². The monoisotopic (exact) mass is 786 g/mol. The molecule has 0 spiro atoms. The molecule has 0 atom stereocenters. The molecule has 0 unspecified atom stereocenters. The maximum atomic E-state index is 14.3. The van der Waals surface area contributed by atoms with E-state index in [0.29, 0.717) is 27.0 Å². The largest absolute Gasteiger partial charge is 0.489 e. The second-order valence-corrected chi connectivity index (χ2v) is 13.6. The van der Waals surface area contributed by atoms with Crippen LogP contribution >= 0.6 is 50.7 Å². The second-order valence-electron chi connectivity index (χ2n) is 11.6. The minimum atomic E-state index is -4.69. The van der Waals surface area contributed by atoms with E-state index >= 15 is 0 Å². The smallest absolute Gasteiger partial charge is 0.442 e. The third-order valence-electron chi connectivity index (χ3n) is 5.91. The summed E-state index contributed by atoms with van der Waals surface area (Å²) in [5.41, 5.74) is -1.88. The van der Waals surface area contributed by atoms with E-state index in [2.05, 4.69) is 26.1 Å². The van der Waals surface area contributed by atoms with Crippen LogP contribution in [0.15, 0.2) is 37.9 Å². The number of aryl methyl sites for hydroxylation is 1. The summed E-state index contributed by atoms with van der Waals surface area (Å²) in [6, 6.07) is 4.97. The number of alkyl halides is 3. The van der Waals surface area contributed by atoms with Gasteiger partial charge in [0.05, 0.1) is 43.0 Å².